The summed E-state index contributed by atoms with van der Waals surface area (Å²) in [5.74, 6) is -0.854. The number of benzene rings is 1. The Hall–Kier alpha value is -1.96. The summed E-state index contributed by atoms with van der Waals surface area (Å²) < 4.78 is 13.3. The van der Waals surface area contributed by atoms with Gasteiger partial charge in [-0.25, -0.2) is 0 Å². The highest BCUT2D eigenvalue weighted by Crippen LogP contribution is 2.40. The number of nitrogens with zero attached hydrogens (tertiary/aromatic N) is 2. The molecule has 0 spiro atoms. The van der Waals surface area contributed by atoms with Crippen molar-refractivity contribution >= 4 is 5.69 Å². The van der Waals surface area contributed by atoms with Crippen molar-refractivity contribution in [3.05, 3.63) is 39.7 Å². The molecule has 0 N–H and O–H groups in total. The van der Waals surface area contributed by atoms with Crippen molar-refractivity contribution in [1.29, 1.82) is 5.26 Å². The predicted molar refractivity (Wildman–Crippen MR) is 63.4 cm³/mol. The second kappa shape index (κ2) is 4.73. The summed E-state index contributed by atoms with van der Waals surface area (Å²) in [4.78, 5) is 9.99. The molecular weight excluding hydrogens is 235 g/mol. The normalized spacial score (nSPS) is 18.0. The first-order chi connectivity index (χ1) is 8.59. The third-order valence-electron chi connectivity index (χ3n) is 3.62. The molecule has 0 amide bonds. The molecule has 1 aromatic carbocycles. The summed E-state index contributed by atoms with van der Waals surface area (Å²) in [5, 5.41) is 20.1. The molecule has 1 saturated carbocycles. The second-order valence-corrected chi connectivity index (χ2v) is 4.68. The molecule has 1 aliphatic rings. The van der Waals surface area contributed by atoms with Gasteiger partial charge < -0.3 is 0 Å². The Bertz CT molecular complexity index is 516. The van der Waals surface area contributed by atoms with E-state index in [1.54, 1.807) is 0 Å². The Kier molecular flexibility index (Phi) is 3.28. The summed E-state index contributed by atoms with van der Waals surface area (Å²) in [6.45, 7) is 0. The molecule has 1 aliphatic carbocycles. The summed E-state index contributed by atoms with van der Waals surface area (Å²) in [5.41, 5.74) is -0.665. The maximum atomic E-state index is 13.3. The van der Waals surface area contributed by atoms with Gasteiger partial charge in [0.05, 0.1) is 16.4 Å². The quantitative estimate of drug-likeness (QED) is 0.594. The number of hydrogen-bond acceptors (Lipinski definition) is 3. The van der Waals surface area contributed by atoms with Crippen LogP contribution in [0.2, 0.25) is 0 Å². The van der Waals surface area contributed by atoms with Crippen molar-refractivity contribution in [2.75, 3.05) is 0 Å². The van der Waals surface area contributed by atoms with Crippen LogP contribution < -0.4 is 0 Å². The zero-order valence-electron chi connectivity index (χ0n) is 9.86. The van der Waals surface area contributed by atoms with Crippen LogP contribution in [0.25, 0.3) is 0 Å². The van der Waals surface area contributed by atoms with Gasteiger partial charge >= 0.3 is 5.69 Å². The zero-order chi connectivity index (χ0) is 13.2. The fourth-order valence-electron chi connectivity index (χ4n) is 2.57. The fourth-order valence-corrected chi connectivity index (χ4v) is 2.57. The highest BCUT2D eigenvalue weighted by atomic mass is 19.1. The molecule has 18 heavy (non-hydrogen) atoms. The molecule has 0 aliphatic heterocycles. The molecule has 0 heterocycles. The number of nitriles is 1. The minimum atomic E-state index is -0.854. The molecular formula is C13H13FN2O2. The molecule has 0 bridgehead atoms. The van der Waals surface area contributed by atoms with E-state index in [1.165, 1.54) is 12.1 Å². The van der Waals surface area contributed by atoms with Crippen LogP contribution in [0.15, 0.2) is 18.2 Å². The lowest BCUT2D eigenvalue weighted by atomic mass is 9.70. The van der Waals surface area contributed by atoms with Gasteiger partial charge in [0.2, 0.25) is 5.82 Å². The monoisotopic (exact) mass is 248 g/mol. The van der Waals surface area contributed by atoms with Gasteiger partial charge in [0.1, 0.15) is 0 Å². The molecule has 0 unspecified atom stereocenters. The lowest BCUT2D eigenvalue weighted by Crippen LogP contribution is -2.27. The standard InChI is InChI=1S/C13H13FN2O2/c14-11-5-4-10(8-12(11)16(17)18)13(9-15)6-2-1-3-7-13/h4-5,8H,1-3,6-7H2. The Labute approximate surface area is 104 Å². The third-order valence-corrected chi connectivity index (χ3v) is 3.62. The molecule has 4 nitrogen and oxygen atoms in total. The summed E-state index contributed by atoms with van der Waals surface area (Å²) >= 11 is 0. The lowest BCUT2D eigenvalue weighted by Gasteiger charge is -2.30. The number of halogens is 1. The van der Waals surface area contributed by atoms with Crippen molar-refractivity contribution in [2.24, 2.45) is 0 Å². The number of nitro groups is 1. The fraction of sp³-hybridized carbons (Fsp3) is 0.462. The summed E-state index contributed by atoms with van der Waals surface area (Å²) in [6.07, 6.45) is 4.31. The molecule has 94 valence electrons. The topological polar surface area (TPSA) is 66.9 Å². The molecule has 5 heteroatoms. The van der Waals surface area contributed by atoms with E-state index in [0.717, 1.165) is 25.3 Å². The van der Waals surface area contributed by atoms with Crippen molar-refractivity contribution < 1.29 is 9.31 Å². The van der Waals surface area contributed by atoms with Gasteiger partial charge in [-0.2, -0.15) is 9.65 Å². The van der Waals surface area contributed by atoms with Crippen molar-refractivity contribution in [3.8, 4) is 6.07 Å². The van der Waals surface area contributed by atoms with Gasteiger partial charge in [-0.3, -0.25) is 10.1 Å². The van der Waals surface area contributed by atoms with Crippen LogP contribution in [0.5, 0.6) is 0 Å². The maximum Gasteiger partial charge on any atom is 0.305 e. The van der Waals surface area contributed by atoms with E-state index >= 15 is 0 Å². The Morgan fingerprint density at radius 2 is 2.00 bits per heavy atom. The number of hydrogen-bond donors (Lipinski definition) is 0. The molecule has 0 aromatic heterocycles. The first-order valence-corrected chi connectivity index (χ1v) is 5.95. The van der Waals surface area contributed by atoms with E-state index in [-0.39, 0.29) is 0 Å². The van der Waals surface area contributed by atoms with E-state index < -0.39 is 21.8 Å². The number of rotatable bonds is 2. The van der Waals surface area contributed by atoms with Crippen molar-refractivity contribution in [2.45, 2.75) is 37.5 Å². The van der Waals surface area contributed by atoms with Gasteiger partial charge in [0, 0.05) is 6.07 Å². The summed E-state index contributed by atoms with van der Waals surface area (Å²) in [6, 6.07) is 6.07. The van der Waals surface area contributed by atoms with Crippen molar-refractivity contribution in [3.63, 3.8) is 0 Å². The Morgan fingerprint density at radius 1 is 1.33 bits per heavy atom. The highest BCUT2D eigenvalue weighted by Gasteiger charge is 2.35. The van der Waals surface area contributed by atoms with Crippen LogP contribution in [-0.4, -0.2) is 4.92 Å². The van der Waals surface area contributed by atoms with Gasteiger partial charge in [0.25, 0.3) is 0 Å². The largest absolute Gasteiger partial charge is 0.305 e. The molecule has 1 fully saturated rings. The predicted octanol–water partition coefficient (Wildman–Crippen LogP) is 3.46. The second-order valence-electron chi connectivity index (χ2n) is 4.68. The van der Waals surface area contributed by atoms with Crippen LogP contribution in [0.3, 0.4) is 0 Å². The molecule has 0 saturated heterocycles. The number of nitro benzene ring substituents is 1. The van der Waals surface area contributed by atoms with E-state index in [9.17, 15) is 19.8 Å². The average molecular weight is 248 g/mol. The molecule has 0 atom stereocenters. The first-order valence-electron chi connectivity index (χ1n) is 5.95. The first kappa shape index (κ1) is 12.5. The van der Waals surface area contributed by atoms with Crippen molar-refractivity contribution in [1.82, 2.24) is 0 Å². The lowest BCUT2D eigenvalue weighted by molar-refractivity contribution is -0.387. The molecule has 0 radical (unpaired) electrons. The van der Waals surface area contributed by atoms with Gasteiger partial charge in [-0.15, -0.1) is 0 Å². The Morgan fingerprint density at radius 3 is 2.56 bits per heavy atom. The minimum absolute atomic E-state index is 0.548. The summed E-state index contributed by atoms with van der Waals surface area (Å²) in [7, 11) is 0. The SMILES string of the molecule is N#CC1(c2ccc(F)c([N+](=O)[O-])c2)CCCCC1. The van der Waals surface area contributed by atoms with E-state index in [0.29, 0.717) is 18.4 Å². The minimum Gasteiger partial charge on any atom is -0.258 e. The smallest absolute Gasteiger partial charge is 0.258 e. The zero-order valence-corrected chi connectivity index (χ0v) is 9.86. The van der Waals surface area contributed by atoms with Crippen LogP contribution in [0.4, 0.5) is 10.1 Å². The van der Waals surface area contributed by atoms with Crippen LogP contribution in [-0.2, 0) is 5.41 Å². The molecule has 1 aromatic rings. The maximum absolute atomic E-state index is 13.3. The van der Waals surface area contributed by atoms with E-state index in [4.69, 9.17) is 0 Å². The van der Waals surface area contributed by atoms with Gasteiger partial charge in [-0.1, -0.05) is 25.3 Å². The third kappa shape index (κ3) is 2.06. The van der Waals surface area contributed by atoms with Crippen LogP contribution in [0, 0.1) is 27.3 Å². The van der Waals surface area contributed by atoms with Crippen LogP contribution >= 0.6 is 0 Å². The van der Waals surface area contributed by atoms with Gasteiger partial charge in [0.15, 0.2) is 0 Å². The van der Waals surface area contributed by atoms with Crippen LogP contribution in [0.1, 0.15) is 37.7 Å². The average Bonchev–Trinajstić information content (AvgIpc) is 2.39. The van der Waals surface area contributed by atoms with E-state index in [1.807, 2.05) is 0 Å². The molecule has 2 rings (SSSR count). The van der Waals surface area contributed by atoms with E-state index in [2.05, 4.69) is 6.07 Å². The van der Waals surface area contributed by atoms with Gasteiger partial charge in [-0.05, 0) is 24.5 Å². The Balaban J connectivity index is 2.47. The highest BCUT2D eigenvalue weighted by molar-refractivity contribution is 5.42.